The first-order chi connectivity index (χ1) is 21.5. The van der Waals surface area contributed by atoms with E-state index in [0.717, 1.165) is 29.4 Å². The van der Waals surface area contributed by atoms with Crippen molar-refractivity contribution in [3.8, 4) is 11.8 Å². The van der Waals surface area contributed by atoms with E-state index in [1.54, 1.807) is 16.8 Å². The average Bonchev–Trinajstić information content (AvgIpc) is 3.74. The highest BCUT2D eigenvalue weighted by atomic mass is 32.2. The molecule has 3 saturated carbocycles. The van der Waals surface area contributed by atoms with Gasteiger partial charge in [-0.2, -0.15) is 14.8 Å². The maximum absolute atomic E-state index is 14.0. The minimum absolute atomic E-state index is 0.0113. The van der Waals surface area contributed by atoms with Crippen molar-refractivity contribution in [1.82, 2.24) is 14.8 Å². The number of hydrogen-bond acceptors (Lipinski definition) is 9. The third-order valence-corrected chi connectivity index (χ3v) is 12.3. The largest absolute Gasteiger partial charge is 0.457 e. The number of nitriles is 1. The number of nitrogens with zero attached hydrogens (tertiary/aromatic N) is 4. The van der Waals surface area contributed by atoms with Crippen molar-refractivity contribution < 1.29 is 28.2 Å². The van der Waals surface area contributed by atoms with Gasteiger partial charge in [0.2, 0.25) is 16.8 Å². The minimum Gasteiger partial charge on any atom is -0.457 e. The number of fused-ring (bicyclic) bond motifs is 6. The molecule has 0 aromatic carbocycles. The summed E-state index contributed by atoms with van der Waals surface area (Å²) in [5.74, 6) is -1.12. The molecule has 45 heavy (non-hydrogen) atoms. The van der Waals surface area contributed by atoms with E-state index in [1.165, 1.54) is 30.2 Å². The highest BCUT2D eigenvalue weighted by Gasteiger charge is 2.71. The molecule has 4 aliphatic rings. The zero-order valence-corrected chi connectivity index (χ0v) is 26.2. The molecule has 11 heteroatoms. The van der Waals surface area contributed by atoms with Gasteiger partial charge in [0.05, 0.1) is 48.0 Å². The lowest BCUT2D eigenvalue weighted by atomic mass is 9.44. The summed E-state index contributed by atoms with van der Waals surface area (Å²) in [6, 6.07) is 8.11. The normalized spacial score (nSPS) is 34.8. The van der Waals surface area contributed by atoms with Gasteiger partial charge in [-0.25, -0.2) is 14.5 Å². The van der Waals surface area contributed by atoms with Gasteiger partial charge in [-0.05, 0) is 97.1 Å². The van der Waals surface area contributed by atoms with Crippen molar-refractivity contribution in [2.24, 2.45) is 34.5 Å². The topological polar surface area (TPSA) is 131 Å². The van der Waals surface area contributed by atoms with Crippen LogP contribution in [0.15, 0.2) is 52.9 Å². The Bertz CT molecular complexity index is 1730. The van der Waals surface area contributed by atoms with Crippen LogP contribution in [0.2, 0.25) is 0 Å². The van der Waals surface area contributed by atoms with Crippen LogP contribution in [0.3, 0.4) is 0 Å². The summed E-state index contributed by atoms with van der Waals surface area (Å²) in [5.41, 5.74) is 1.23. The van der Waals surface area contributed by atoms with Crippen LogP contribution < -0.4 is 0 Å². The van der Waals surface area contributed by atoms with Crippen LogP contribution >= 0.6 is 11.8 Å². The molecule has 8 atom stereocenters. The molecule has 0 aliphatic heterocycles. The molecule has 0 amide bonds. The van der Waals surface area contributed by atoms with E-state index < -0.39 is 29.0 Å². The lowest BCUT2D eigenvalue weighted by molar-refractivity contribution is -0.177. The SMILES string of the molecule is C[C@H]1C[C@@H]2[C@H]([C@@H](O)C[C@@]3(C)[C@H]2CC[C@]3(OC(=O)c2ccco2)C(=O)SCC#N)[C@@]2(C)Cc3cnn(-c4ccc(F)nc4)c3C=C12. The van der Waals surface area contributed by atoms with Crippen LogP contribution in [0.1, 0.15) is 68.3 Å². The molecule has 0 bridgehead atoms. The van der Waals surface area contributed by atoms with Gasteiger partial charge in [0, 0.05) is 5.41 Å². The molecule has 0 unspecified atom stereocenters. The molecule has 234 valence electrons. The Kier molecular flexibility index (Phi) is 7.09. The van der Waals surface area contributed by atoms with Crippen molar-refractivity contribution in [3.63, 3.8) is 0 Å². The number of rotatable bonds is 5. The predicted molar refractivity (Wildman–Crippen MR) is 163 cm³/mol. The summed E-state index contributed by atoms with van der Waals surface area (Å²) in [7, 11) is 0. The number of allylic oxidation sites excluding steroid dienone is 1. The van der Waals surface area contributed by atoms with Crippen LogP contribution in [-0.2, 0) is 16.0 Å². The summed E-state index contributed by atoms with van der Waals surface area (Å²) in [6.45, 7) is 6.45. The molecule has 1 N–H and O–H groups in total. The van der Waals surface area contributed by atoms with Crippen molar-refractivity contribution in [2.75, 3.05) is 5.75 Å². The molecule has 0 spiro atoms. The standard InChI is InChI=1S/C34H35FN4O5S/c1-19-13-22-23-8-9-34(31(42)45-12-10-36,44-30(41)27-5-4-11-43-27)33(23,3)16-26(40)29(22)32(2)15-20-17-38-39(25(20)14-24(19)32)21-6-7-28(35)37-18-21/h4-7,11,14,17-19,22-23,26,29,40H,8-9,12-13,15-16H2,1-3H3/t19-,22-,23-,26-,29+,32-,33-,34-/m0/s1. The van der Waals surface area contributed by atoms with E-state index in [0.29, 0.717) is 24.9 Å². The second kappa shape index (κ2) is 10.7. The number of aliphatic hydroxyl groups excluding tert-OH is 1. The molecule has 7 rings (SSSR count). The number of hydrogen-bond donors (Lipinski definition) is 1. The Morgan fingerprint density at radius 3 is 2.82 bits per heavy atom. The number of aromatic nitrogens is 3. The smallest absolute Gasteiger partial charge is 0.375 e. The van der Waals surface area contributed by atoms with Crippen molar-refractivity contribution in [2.45, 2.75) is 64.6 Å². The summed E-state index contributed by atoms with van der Waals surface area (Å²) >= 11 is 0.875. The third kappa shape index (κ3) is 4.36. The van der Waals surface area contributed by atoms with E-state index in [2.05, 4.69) is 30.0 Å². The lowest BCUT2D eigenvalue weighted by Gasteiger charge is -2.61. The first-order valence-corrected chi connectivity index (χ1v) is 16.4. The fourth-order valence-electron chi connectivity index (χ4n) is 9.67. The van der Waals surface area contributed by atoms with Crippen LogP contribution in [-0.4, -0.2) is 48.4 Å². The molecule has 3 heterocycles. The Labute approximate surface area is 264 Å². The number of halogens is 1. The first kappa shape index (κ1) is 29.9. The van der Waals surface area contributed by atoms with Crippen molar-refractivity contribution >= 4 is 28.9 Å². The fourth-order valence-corrected chi connectivity index (χ4v) is 10.5. The van der Waals surface area contributed by atoms with Crippen LogP contribution in [0.25, 0.3) is 11.8 Å². The van der Waals surface area contributed by atoms with Gasteiger partial charge in [-0.15, -0.1) is 0 Å². The van der Waals surface area contributed by atoms with Crippen molar-refractivity contribution in [1.29, 1.82) is 5.26 Å². The molecule has 4 aliphatic carbocycles. The highest BCUT2D eigenvalue weighted by molar-refractivity contribution is 8.14. The Morgan fingerprint density at radius 2 is 2.11 bits per heavy atom. The van der Waals surface area contributed by atoms with Gasteiger partial charge in [-0.1, -0.05) is 38.1 Å². The lowest BCUT2D eigenvalue weighted by Crippen LogP contribution is -2.63. The fraction of sp³-hybridized carbons (Fsp3) is 0.500. The number of ether oxygens (including phenoxy) is 1. The summed E-state index contributed by atoms with van der Waals surface area (Å²) in [6.07, 6.45) is 8.92. The number of carbonyl (C=O) groups is 2. The Hall–Kier alpha value is -3.75. The van der Waals surface area contributed by atoms with Crippen molar-refractivity contribution in [3.05, 3.63) is 71.5 Å². The van der Waals surface area contributed by atoms with Gasteiger partial charge in [0.1, 0.15) is 0 Å². The molecule has 0 saturated heterocycles. The highest BCUT2D eigenvalue weighted by Crippen LogP contribution is 2.69. The molecule has 3 aromatic heterocycles. The zero-order chi connectivity index (χ0) is 31.7. The monoisotopic (exact) mass is 630 g/mol. The first-order valence-electron chi connectivity index (χ1n) is 15.4. The maximum Gasteiger partial charge on any atom is 0.375 e. The van der Waals surface area contributed by atoms with Gasteiger partial charge < -0.3 is 14.3 Å². The second-order valence-electron chi connectivity index (χ2n) is 13.6. The minimum atomic E-state index is -1.50. The van der Waals surface area contributed by atoms with E-state index in [1.807, 2.05) is 19.2 Å². The molecular weight excluding hydrogens is 595 g/mol. The number of thioether (sulfide) groups is 1. The Balaban J connectivity index is 1.25. The predicted octanol–water partition coefficient (Wildman–Crippen LogP) is 5.78. The van der Waals surface area contributed by atoms with Crippen LogP contribution in [0.5, 0.6) is 0 Å². The van der Waals surface area contributed by atoms with E-state index in [9.17, 15) is 24.3 Å². The molecule has 3 fully saturated rings. The number of furan rings is 1. The second-order valence-corrected chi connectivity index (χ2v) is 14.5. The molecular formula is C34H35FN4O5S. The molecule has 0 radical (unpaired) electrons. The van der Waals surface area contributed by atoms with E-state index in [4.69, 9.17) is 9.15 Å². The number of pyridine rings is 1. The number of esters is 1. The third-order valence-electron chi connectivity index (χ3n) is 11.4. The van der Waals surface area contributed by atoms with E-state index >= 15 is 0 Å². The van der Waals surface area contributed by atoms with Gasteiger partial charge in [-0.3, -0.25) is 4.79 Å². The molecule has 9 nitrogen and oxygen atoms in total. The Morgan fingerprint density at radius 1 is 1.29 bits per heavy atom. The van der Waals surface area contributed by atoms with E-state index in [-0.39, 0.29) is 52.1 Å². The van der Waals surface area contributed by atoms with Gasteiger partial charge in [0.25, 0.3) is 0 Å². The zero-order valence-electron chi connectivity index (χ0n) is 25.4. The summed E-state index contributed by atoms with van der Waals surface area (Å²) < 4.78 is 26.8. The maximum atomic E-state index is 14.0. The quantitative estimate of drug-likeness (QED) is 0.275. The average molecular weight is 631 g/mol. The summed E-state index contributed by atoms with van der Waals surface area (Å²) in [5, 5.41) is 25.7. The van der Waals surface area contributed by atoms with Gasteiger partial charge in [0.15, 0.2) is 5.60 Å². The summed E-state index contributed by atoms with van der Waals surface area (Å²) in [4.78, 5) is 31.1. The van der Waals surface area contributed by atoms with Crippen LogP contribution in [0, 0.1) is 51.8 Å². The number of carbonyl (C=O) groups excluding carboxylic acids is 2. The number of aliphatic hydroxyl groups is 1. The van der Waals surface area contributed by atoms with Crippen LogP contribution in [0.4, 0.5) is 4.39 Å². The van der Waals surface area contributed by atoms with Gasteiger partial charge >= 0.3 is 5.97 Å². The molecule has 3 aromatic rings.